The molecule has 5 rings (SSSR count). The lowest BCUT2D eigenvalue weighted by Crippen LogP contribution is -2.12. The van der Waals surface area contributed by atoms with E-state index in [9.17, 15) is 18.0 Å². The Morgan fingerprint density at radius 1 is 0.941 bits per heavy atom. The van der Waals surface area contributed by atoms with Crippen LogP contribution < -0.4 is 10.6 Å². The molecule has 0 saturated heterocycles. The summed E-state index contributed by atoms with van der Waals surface area (Å²) >= 11 is 0. The highest BCUT2D eigenvalue weighted by Crippen LogP contribution is 2.30. The number of carbonyl (C=O) groups excluding carboxylic acids is 1. The number of aromatic nitrogens is 4. The van der Waals surface area contributed by atoms with Crippen LogP contribution in [0.5, 0.6) is 0 Å². The van der Waals surface area contributed by atoms with Gasteiger partial charge in [-0.25, -0.2) is 9.97 Å². The van der Waals surface area contributed by atoms with E-state index in [1.54, 1.807) is 42.5 Å². The first-order valence-corrected chi connectivity index (χ1v) is 10.4. The van der Waals surface area contributed by atoms with Crippen LogP contribution in [0.25, 0.3) is 16.7 Å². The van der Waals surface area contributed by atoms with Crippen LogP contribution in [-0.2, 0) is 13.2 Å². The molecule has 0 aliphatic rings. The zero-order valence-corrected chi connectivity index (χ0v) is 18.2. The average Bonchev–Trinajstić information content (AvgIpc) is 3.37. The summed E-state index contributed by atoms with van der Waals surface area (Å²) in [6.07, 6.45) is -3.58. The van der Waals surface area contributed by atoms with Crippen LogP contribution in [0.1, 0.15) is 21.9 Å². The molecule has 0 atom stereocenters. The molecule has 0 fully saturated rings. The van der Waals surface area contributed by atoms with Gasteiger partial charge in [-0.05, 0) is 55.5 Å². The molecule has 2 aromatic carbocycles. The standard InChI is InChI=1S/C24H19F3N6O/c1-14-28-22-17(5-3-6-18(22)32(14)2)23(34)30-16-11-9-15(10-12-16)29-20-7-4-8-21-31-19(13-33(20)21)24(25,26)27/h3-13,29H,1-2H3,(H,30,34). The Kier molecular flexibility index (Phi) is 5.00. The summed E-state index contributed by atoms with van der Waals surface area (Å²) in [6.45, 7) is 1.88. The molecule has 0 saturated carbocycles. The third kappa shape index (κ3) is 3.83. The largest absolute Gasteiger partial charge is 0.434 e. The minimum Gasteiger partial charge on any atom is -0.341 e. The average molecular weight is 464 g/mol. The van der Waals surface area contributed by atoms with Gasteiger partial charge in [0.1, 0.15) is 22.8 Å². The number of hydrogen-bond acceptors (Lipinski definition) is 4. The van der Waals surface area contributed by atoms with Crippen LogP contribution in [0, 0.1) is 6.92 Å². The minimum absolute atomic E-state index is 0.181. The van der Waals surface area contributed by atoms with Gasteiger partial charge in [0.05, 0.1) is 11.1 Å². The van der Waals surface area contributed by atoms with Gasteiger partial charge in [0.25, 0.3) is 5.91 Å². The van der Waals surface area contributed by atoms with Gasteiger partial charge in [0, 0.05) is 24.6 Å². The number of carbonyl (C=O) groups is 1. The first-order valence-electron chi connectivity index (χ1n) is 10.4. The highest BCUT2D eigenvalue weighted by Gasteiger charge is 2.34. The number of benzene rings is 2. The fourth-order valence-electron chi connectivity index (χ4n) is 3.75. The van der Waals surface area contributed by atoms with E-state index in [0.29, 0.717) is 28.3 Å². The highest BCUT2D eigenvalue weighted by atomic mass is 19.4. The molecule has 5 aromatic rings. The van der Waals surface area contributed by atoms with Crippen LogP contribution in [0.15, 0.2) is 66.9 Å². The number of rotatable bonds is 4. The van der Waals surface area contributed by atoms with Crippen LogP contribution in [0.3, 0.4) is 0 Å². The molecule has 0 spiro atoms. The lowest BCUT2D eigenvalue weighted by Gasteiger charge is -2.10. The Morgan fingerprint density at radius 3 is 2.38 bits per heavy atom. The second-order valence-electron chi connectivity index (χ2n) is 7.81. The minimum atomic E-state index is -4.53. The van der Waals surface area contributed by atoms with Crippen molar-refractivity contribution in [2.24, 2.45) is 7.05 Å². The topological polar surface area (TPSA) is 76.2 Å². The molecule has 3 heterocycles. The first kappa shape index (κ1) is 21.5. The molecule has 0 unspecified atom stereocenters. The number of imidazole rings is 2. The molecule has 0 aliphatic carbocycles. The van der Waals surface area contributed by atoms with Gasteiger partial charge in [-0.2, -0.15) is 13.2 Å². The summed E-state index contributed by atoms with van der Waals surface area (Å²) in [7, 11) is 1.90. The summed E-state index contributed by atoms with van der Waals surface area (Å²) in [5, 5.41) is 5.95. The Hall–Kier alpha value is -4.34. The molecule has 1 amide bonds. The Morgan fingerprint density at radius 2 is 1.65 bits per heavy atom. The molecule has 3 aromatic heterocycles. The fourth-order valence-corrected chi connectivity index (χ4v) is 3.75. The van der Waals surface area contributed by atoms with Gasteiger partial charge in [0.2, 0.25) is 0 Å². The maximum Gasteiger partial charge on any atom is 0.434 e. The quantitative estimate of drug-likeness (QED) is 0.366. The normalized spacial score (nSPS) is 11.8. The van der Waals surface area contributed by atoms with Crippen molar-refractivity contribution in [2.45, 2.75) is 13.1 Å². The van der Waals surface area contributed by atoms with Crippen molar-refractivity contribution in [3.63, 3.8) is 0 Å². The van der Waals surface area contributed by atoms with Crippen molar-refractivity contribution >= 4 is 39.8 Å². The summed E-state index contributed by atoms with van der Waals surface area (Å²) in [5.41, 5.74) is 2.39. The maximum absolute atomic E-state index is 13.0. The molecule has 10 heteroatoms. The molecule has 0 radical (unpaired) electrons. The number of halogens is 3. The second-order valence-corrected chi connectivity index (χ2v) is 7.81. The van der Waals surface area contributed by atoms with Crippen LogP contribution in [0.4, 0.5) is 30.4 Å². The third-order valence-electron chi connectivity index (χ3n) is 5.58. The van der Waals surface area contributed by atoms with Gasteiger partial charge in [-0.1, -0.05) is 12.1 Å². The van der Waals surface area contributed by atoms with Gasteiger partial charge in [-0.15, -0.1) is 0 Å². The Bertz CT molecular complexity index is 1530. The third-order valence-corrected chi connectivity index (χ3v) is 5.58. The predicted octanol–water partition coefficient (Wildman–Crippen LogP) is 5.54. The van der Waals surface area contributed by atoms with E-state index in [1.807, 2.05) is 30.7 Å². The lowest BCUT2D eigenvalue weighted by molar-refractivity contribution is -0.140. The van der Waals surface area contributed by atoms with Gasteiger partial charge in [-0.3, -0.25) is 9.20 Å². The van der Waals surface area contributed by atoms with E-state index in [2.05, 4.69) is 20.6 Å². The number of alkyl halides is 3. The molecule has 34 heavy (non-hydrogen) atoms. The summed E-state index contributed by atoms with van der Waals surface area (Å²) in [6, 6.07) is 17.1. The van der Waals surface area contributed by atoms with E-state index in [0.717, 1.165) is 17.5 Å². The molecule has 0 aliphatic heterocycles. The van der Waals surface area contributed by atoms with Gasteiger partial charge < -0.3 is 15.2 Å². The number of anilines is 3. The van der Waals surface area contributed by atoms with Crippen LogP contribution in [0.2, 0.25) is 0 Å². The number of para-hydroxylation sites is 1. The number of nitrogens with one attached hydrogen (secondary N) is 2. The van der Waals surface area contributed by atoms with Crippen molar-refractivity contribution < 1.29 is 18.0 Å². The van der Waals surface area contributed by atoms with Crippen molar-refractivity contribution in [3.8, 4) is 0 Å². The summed E-state index contributed by atoms with van der Waals surface area (Å²) in [4.78, 5) is 21.0. The zero-order chi connectivity index (χ0) is 24.0. The highest BCUT2D eigenvalue weighted by molar-refractivity contribution is 6.11. The van der Waals surface area contributed by atoms with Gasteiger partial charge in [0.15, 0.2) is 5.69 Å². The van der Waals surface area contributed by atoms with Crippen LogP contribution in [-0.4, -0.2) is 24.8 Å². The molecular formula is C24H19F3N6O. The molecule has 2 N–H and O–H groups in total. The number of hydrogen-bond donors (Lipinski definition) is 2. The van der Waals surface area contributed by atoms with Crippen molar-refractivity contribution in [1.29, 1.82) is 0 Å². The number of aryl methyl sites for hydroxylation is 2. The van der Waals surface area contributed by atoms with Crippen molar-refractivity contribution in [2.75, 3.05) is 10.6 Å². The predicted molar refractivity (Wildman–Crippen MR) is 123 cm³/mol. The molecule has 172 valence electrons. The first-order chi connectivity index (χ1) is 16.2. The van der Waals surface area contributed by atoms with Gasteiger partial charge >= 0.3 is 6.18 Å². The van der Waals surface area contributed by atoms with Crippen LogP contribution >= 0.6 is 0 Å². The van der Waals surface area contributed by atoms with E-state index in [4.69, 9.17) is 0 Å². The Balaban J connectivity index is 1.35. The molecular weight excluding hydrogens is 445 g/mol. The number of nitrogens with zero attached hydrogens (tertiary/aromatic N) is 4. The van der Waals surface area contributed by atoms with E-state index >= 15 is 0 Å². The summed E-state index contributed by atoms with van der Waals surface area (Å²) < 4.78 is 42.3. The van der Waals surface area contributed by atoms with E-state index in [-0.39, 0.29) is 11.6 Å². The smallest absolute Gasteiger partial charge is 0.341 e. The number of pyridine rings is 1. The second kappa shape index (κ2) is 7.91. The SMILES string of the molecule is Cc1nc2c(C(=O)Nc3ccc(Nc4cccc5nc(C(F)(F)F)cn45)cc3)cccc2n1C. The number of fused-ring (bicyclic) bond motifs is 2. The molecule has 0 bridgehead atoms. The van der Waals surface area contributed by atoms with Crippen molar-refractivity contribution in [3.05, 3.63) is 83.9 Å². The summed E-state index contributed by atoms with van der Waals surface area (Å²) in [5.74, 6) is 0.947. The monoisotopic (exact) mass is 464 g/mol. The van der Waals surface area contributed by atoms with E-state index < -0.39 is 11.9 Å². The fraction of sp³-hybridized carbons (Fsp3) is 0.125. The maximum atomic E-state index is 13.0. The number of amides is 1. The lowest BCUT2D eigenvalue weighted by atomic mass is 10.1. The Labute approximate surface area is 191 Å². The van der Waals surface area contributed by atoms with Crippen molar-refractivity contribution in [1.82, 2.24) is 18.9 Å². The zero-order valence-electron chi connectivity index (χ0n) is 18.2. The van der Waals surface area contributed by atoms with E-state index in [1.165, 1.54) is 10.5 Å². The molecule has 7 nitrogen and oxygen atoms in total.